The number of hydrogen-bond donors (Lipinski definition) is 3. The minimum atomic E-state index is -4.79. The number of hydrogen-bond acceptors (Lipinski definition) is 7. The van der Waals surface area contributed by atoms with Crippen molar-refractivity contribution in [2.24, 2.45) is 4.99 Å². The van der Waals surface area contributed by atoms with Crippen LogP contribution in [0.2, 0.25) is 0 Å². The van der Waals surface area contributed by atoms with Crippen LogP contribution in [0.25, 0.3) is 44.2 Å². The minimum Gasteiger partial charge on any atom is -0.657 e. The molecule has 0 atom stereocenters. The molecule has 2 aliphatic rings. The maximum atomic E-state index is 12.7. The topological polar surface area (TPSA) is 179 Å². The Morgan fingerprint density at radius 2 is 1.38 bits per heavy atom. The van der Waals surface area contributed by atoms with Gasteiger partial charge in [-0.3, -0.25) is 9.11 Å². The molecule has 11 nitrogen and oxygen atoms in total. The summed E-state index contributed by atoms with van der Waals surface area (Å²) in [6.07, 6.45) is 0. The van der Waals surface area contributed by atoms with Gasteiger partial charge in [-0.05, 0) is 66.0 Å². The number of aromatic nitrogens is 2. The Morgan fingerprint density at radius 3 is 2.02 bits per heavy atom. The van der Waals surface area contributed by atoms with E-state index in [1.165, 1.54) is 24.3 Å². The van der Waals surface area contributed by atoms with Gasteiger partial charge in [0.15, 0.2) is 0 Å². The van der Waals surface area contributed by atoms with E-state index in [0.717, 1.165) is 0 Å². The number of nitrogens with two attached hydrogens (primary N) is 1. The van der Waals surface area contributed by atoms with E-state index in [4.69, 9.17) is 16.0 Å². The Bertz CT molecular complexity index is 2600. The van der Waals surface area contributed by atoms with E-state index in [2.05, 4.69) is 4.99 Å². The standard InChI is InChI=1S/C34H24N5O6S2.Na/c35-21-14-16-23(17-15-21)36-27-18-29-26(20-32(27)47(43,44)45)38-34-25-12-7-13-31(46(40,41)42)33(25)28(37-22-8-3-1-4-9-22)19-30(34)39(29)24-10-5-2-6-11-24;/h1-20H,35H2,(H,40,41,42)(H,43,44,45);/q-1;+1. The number of fused-ring (bicyclic) bond motifs is 4. The molecule has 0 unspecified atom stereocenters. The number of nitrogen functional groups attached to an aromatic ring is 1. The van der Waals surface area contributed by atoms with Crippen LogP contribution >= 0.6 is 0 Å². The third-order valence-corrected chi connectivity index (χ3v) is 9.32. The molecule has 234 valence electrons. The van der Waals surface area contributed by atoms with Crippen LogP contribution in [-0.4, -0.2) is 35.5 Å². The van der Waals surface area contributed by atoms with Crippen LogP contribution in [0.5, 0.6) is 0 Å². The molecule has 0 aromatic heterocycles. The summed E-state index contributed by atoms with van der Waals surface area (Å²) in [6.45, 7) is 0. The van der Waals surface area contributed by atoms with Crippen LogP contribution in [0, 0.1) is 0 Å². The van der Waals surface area contributed by atoms with Crippen molar-refractivity contribution in [1.82, 2.24) is 9.55 Å². The molecule has 0 radical (unpaired) electrons. The summed E-state index contributed by atoms with van der Waals surface area (Å²) in [4.78, 5) is 8.51. The summed E-state index contributed by atoms with van der Waals surface area (Å²) in [6, 6.07) is 33.4. The summed E-state index contributed by atoms with van der Waals surface area (Å²) in [5, 5.41) is 5.20. The Labute approximate surface area is 297 Å². The molecule has 0 saturated carbocycles. The fourth-order valence-corrected chi connectivity index (χ4v) is 6.89. The van der Waals surface area contributed by atoms with Gasteiger partial charge >= 0.3 is 29.6 Å². The molecule has 0 bridgehead atoms. The Morgan fingerprint density at radius 1 is 0.729 bits per heavy atom. The molecule has 5 aromatic carbocycles. The van der Waals surface area contributed by atoms with Crippen molar-refractivity contribution in [3.63, 3.8) is 0 Å². The fraction of sp³-hybridized carbons (Fsp3) is 0. The van der Waals surface area contributed by atoms with E-state index in [0.29, 0.717) is 44.9 Å². The van der Waals surface area contributed by atoms with Crippen molar-refractivity contribution in [2.45, 2.75) is 9.79 Å². The first-order chi connectivity index (χ1) is 22.5. The summed E-state index contributed by atoms with van der Waals surface area (Å²) >= 11 is 0. The van der Waals surface area contributed by atoms with E-state index in [1.807, 2.05) is 41.0 Å². The third kappa shape index (κ3) is 6.32. The predicted octanol–water partition coefficient (Wildman–Crippen LogP) is 3.93. The van der Waals surface area contributed by atoms with Crippen molar-refractivity contribution in [3.05, 3.63) is 132 Å². The second kappa shape index (κ2) is 12.8. The molecule has 0 spiro atoms. The van der Waals surface area contributed by atoms with Gasteiger partial charge in [-0.15, -0.1) is 11.4 Å². The van der Waals surface area contributed by atoms with Crippen LogP contribution in [0.1, 0.15) is 0 Å². The van der Waals surface area contributed by atoms with Gasteiger partial charge in [0.25, 0.3) is 20.2 Å². The van der Waals surface area contributed by atoms with E-state index < -0.39 is 25.1 Å². The van der Waals surface area contributed by atoms with Gasteiger partial charge in [-0.1, -0.05) is 60.7 Å². The molecule has 7 rings (SSSR count). The van der Waals surface area contributed by atoms with E-state index in [9.17, 15) is 25.9 Å². The first kappa shape index (κ1) is 33.3. The zero-order chi connectivity index (χ0) is 32.9. The number of benzene rings is 6. The number of anilines is 1. The van der Waals surface area contributed by atoms with Crippen molar-refractivity contribution in [1.29, 1.82) is 0 Å². The summed E-state index contributed by atoms with van der Waals surface area (Å²) in [5.74, 6) is 0. The molecule has 0 fully saturated rings. The Hall–Kier alpha value is -4.60. The molecular weight excluding hydrogens is 662 g/mol. The second-order valence-corrected chi connectivity index (χ2v) is 13.4. The quantitative estimate of drug-likeness (QED) is 0.0775. The molecule has 0 amide bonds. The summed E-state index contributed by atoms with van der Waals surface area (Å²) in [7, 11) is -9.50. The average Bonchev–Trinajstić information content (AvgIpc) is 3.04. The maximum absolute atomic E-state index is 12.7. The summed E-state index contributed by atoms with van der Waals surface area (Å²) in [5.41, 5.74) is 9.55. The molecule has 1 aliphatic heterocycles. The van der Waals surface area contributed by atoms with Gasteiger partial charge in [0, 0.05) is 16.8 Å². The Balaban J connectivity index is 0.00000401. The molecule has 1 aliphatic carbocycles. The van der Waals surface area contributed by atoms with Crippen LogP contribution in [0.4, 0.5) is 22.7 Å². The molecule has 5 aromatic rings. The van der Waals surface area contributed by atoms with Gasteiger partial charge in [0.2, 0.25) is 0 Å². The molecule has 4 N–H and O–H groups in total. The first-order valence-electron chi connectivity index (χ1n) is 14.1. The van der Waals surface area contributed by atoms with Crippen molar-refractivity contribution < 1.29 is 55.5 Å². The summed E-state index contributed by atoms with van der Waals surface area (Å²) < 4.78 is 73.0. The Kier molecular flexibility index (Phi) is 8.87. The SMILES string of the molecule is Nc1ccc(N=c2cc3n(-c4ccccc4)c4cc([N-]c5ccccc5)c5c(S(=O)(=O)O)cccc5c4nc-3cc2S(=O)(=O)O)cc1.[Na+]. The zero-order valence-electron chi connectivity index (χ0n) is 25.3. The largest absolute Gasteiger partial charge is 1.00 e. The normalized spacial score (nSPS) is 12.3. The van der Waals surface area contributed by atoms with E-state index in [1.54, 1.807) is 60.7 Å². The van der Waals surface area contributed by atoms with Gasteiger partial charge < -0.3 is 15.6 Å². The van der Waals surface area contributed by atoms with Gasteiger partial charge in [0.1, 0.15) is 9.79 Å². The third-order valence-electron chi connectivity index (χ3n) is 7.54. The van der Waals surface area contributed by atoms with Crippen molar-refractivity contribution in [3.8, 4) is 17.1 Å². The van der Waals surface area contributed by atoms with Gasteiger partial charge in [0.05, 0.1) is 33.5 Å². The van der Waals surface area contributed by atoms with Crippen molar-refractivity contribution in [2.75, 3.05) is 5.73 Å². The first-order valence-corrected chi connectivity index (χ1v) is 17.0. The smallest absolute Gasteiger partial charge is 0.657 e. The monoisotopic (exact) mass is 685 g/mol. The average molecular weight is 686 g/mol. The number of nitrogens with zero attached hydrogens (tertiary/aromatic N) is 4. The van der Waals surface area contributed by atoms with Gasteiger partial charge in [-0.2, -0.15) is 16.8 Å². The van der Waals surface area contributed by atoms with Crippen LogP contribution < -0.4 is 40.6 Å². The minimum absolute atomic E-state index is 0. The molecule has 1 heterocycles. The second-order valence-electron chi connectivity index (χ2n) is 10.6. The molecular formula is C34H24N5NaO6S2. The van der Waals surface area contributed by atoms with Gasteiger partial charge in [-0.25, -0.2) is 9.98 Å². The molecule has 0 saturated heterocycles. The zero-order valence-corrected chi connectivity index (χ0v) is 28.9. The number of para-hydroxylation sites is 2. The van der Waals surface area contributed by atoms with Crippen LogP contribution in [-0.2, 0) is 20.2 Å². The fourth-order valence-electron chi connectivity index (χ4n) is 5.54. The van der Waals surface area contributed by atoms with Crippen molar-refractivity contribution >= 4 is 64.8 Å². The molecule has 14 heteroatoms. The maximum Gasteiger partial charge on any atom is 1.00 e. The van der Waals surface area contributed by atoms with E-state index in [-0.39, 0.29) is 56.6 Å². The van der Waals surface area contributed by atoms with Crippen LogP contribution in [0.15, 0.2) is 136 Å². The van der Waals surface area contributed by atoms with E-state index >= 15 is 0 Å². The van der Waals surface area contributed by atoms with Crippen LogP contribution in [0.3, 0.4) is 0 Å². The number of rotatable bonds is 6. The molecule has 48 heavy (non-hydrogen) atoms. The predicted molar refractivity (Wildman–Crippen MR) is 180 cm³/mol.